The molecular weight excluding hydrogens is 296 g/mol. The first-order chi connectivity index (χ1) is 10.9. The van der Waals surface area contributed by atoms with Crippen LogP contribution < -0.4 is 4.90 Å². The van der Waals surface area contributed by atoms with E-state index < -0.39 is 4.92 Å². The molecule has 0 aromatic heterocycles. The fourth-order valence-corrected chi connectivity index (χ4v) is 2.94. The van der Waals surface area contributed by atoms with Crippen molar-refractivity contribution in [2.45, 2.75) is 26.1 Å². The standard InChI is InChI=1S/C16H22N4O3/c1-12-10-19(11-13(2)23-12)7-6-18(3)16-5-4-15(20(21)22)8-14(16)9-17/h4-5,8,12-13H,6-7,10-11H2,1-3H3/t12-,13+. The van der Waals surface area contributed by atoms with Crippen molar-refractivity contribution in [3.63, 3.8) is 0 Å². The quantitative estimate of drug-likeness (QED) is 0.610. The third-order valence-corrected chi connectivity index (χ3v) is 3.97. The van der Waals surface area contributed by atoms with E-state index in [1.165, 1.54) is 12.1 Å². The number of nitrogens with zero attached hydrogens (tertiary/aromatic N) is 4. The van der Waals surface area contributed by atoms with Gasteiger partial charge < -0.3 is 9.64 Å². The molecule has 1 aromatic rings. The number of nitriles is 1. The molecule has 1 heterocycles. The molecule has 1 aliphatic rings. The van der Waals surface area contributed by atoms with Crippen LogP contribution in [0.25, 0.3) is 0 Å². The maximum Gasteiger partial charge on any atom is 0.270 e. The van der Waals surface area contributed by atoms with Crippen molar-refractivity contribution in [3.05, 3.63) is 33.9 Å². The number of benzene rings is 1. The number of non-ortho nitro benzene ring substituents is 1. The summed E-state index contributed by atoms with van der Waals surface area (Å²) in [6.07, 6.45) is 0.441. The second-order valence-corrected chi connectivity index (χ2v) is 6.01. The van der Waals surface area contributed by atoms with Gasteiger partial charge in [-0.3, -0.25) is 15.0 Å². The van der Waals surface area contributed by atoms with E-state index in [0.29, 0.717) is 11.3 Å². The van der Waals surface area contributed by atoms with E-state index in [2.05, 4.69) is 18.7 Å². The van der Waals surface area contributed by atoms with Gasteiger partial charge in [-0.25, -0.2) is 0 Å². The highest BCUT2D eigenvalue weighted by Crippen LogP contribution is 2.24. The molecule has 0 spiro atoms. The Bertz CT molecular complexity index is 604. The van der Waals surface area contributed by atoms with E-state index in [1.54, 1.807) is 6.07 Å². The largest absolute Gasteiger partial charge is 0.373 e. The molecule has 1 aliphatic heterocycles. The van der Waals surface area contributed by atoms with Gasteiger partial charge in [0.15, 0.2) is 0 Å². The predicted octanol–water partition coefficient (Wildman–Crippen LogP) is 2.01. The van der Waals surface area contributed by atoms with Crippen LogP contribution in [0.5, 0.6) is 0 Å². The summed E-state index contributed by atoms with van der Waals surface area (Å²) in [7, 11) is 1.90. The van der Waals surface area contributed by atoms with E-state index in [-0.39, 0.29) is 17.9 Å². The van der Waals surface area contributed by atoms with Crippen molar-refractivity contribution in [2.24, 2.45) is 0 Å². The predicted molar refractivity (Wildman–Crippen MR) is 87.5 cm³/mol. The van der Waals surface area contributed by atoms with Gasteiger partial charge in [-0.2, -0.15) is 5.26 Å². The fourth-order valence-electron chi connectivity index (χ4n) is 2.94. The number of nitro benzene ring substituents is 1. The molecule has 0 amide bonds. The minimum absolute atomic E-state index is 0.0606. The minimum atomic E-state index is -0.485. The van der Waals surface area contributed by atoms with E-state index in [0.717, 1.165) is 26.2 Å². The fraction of sp³-hybridized carbons (Fsp3) is 0.562. The van der Waals surface area contributed by atoms with E-state index in [9.17, 15) is 15.4 Å². The summed E-state index contributed by atoms with van der Waals surface area (Å²) in [6, 6.07) is 6.44. The highest BCUT2D eigenvalue weighted by Gasteiger charge is 2.22. The number of anilines is 1. The molecule has 124 valence electrons. The molecule has 0 aliphatic carbocycles. The summed E-state index contributed by atoms with van der Waals surface area (Å²) < 4.78 is 5.72. The first kappa shape index (κ1) is 17.2. The van der Waals surface area contributed by atoms with Gasteiger partial charge in [-0.1, -0.05) is 0 Å². The van der Waals surface area contributed by atoms with Gasteiger partial charge in [0.2, 0.25) is 0 Å². The zero-order chi connectivity index (χ0) is 17.0. The lowest BCUT2D eigenvalue weighted by Gasteiger charge is -2.36. The first-order valence-corrected chi connectivity index (χ1v) is 7.68. The molecule has 0 radical (unpaired) electrons. The molecular formula is C16H22N4O3. The van der Waals surface area contributed by atoms with Gasteiger partial charge >= 0.3 is 0 Å². The molecule has 1 fully saturated rings. The number of morpholine rings is 1. The second kappa shape index (κ2) is 7.40. The monoisotopic (exact) mass is 318 g/mol. The van der Waals surface area contributed by atoms with E-state index in [1.807, 2.05) is 18.0 Å². The summed E-state index contributed by atoms with van der Waals surface area (Å²) in [4.78, 5) is 14.6. The zero-order valence-electron chi connectivity index (χ0n) is 13.7. The van der Waals surface area contributed by atoms with Crippen LogP contribution in [-0.2, 0) is 4.74 Å². The van der Waals surface area contributed by atoms with Gasteiger partial charge in [0.25, 0.3) is 5.69 Å². The number of likely N-dealkylation sites (N-methyl/N-ethyl adjacent to an activating group) is 1. The number of hydrogen-bond donors (Lipinski definition) is 0. The molecule has 2 atom stereocenters. The molecule has 1 saturated heterocycles. The van der Waals surface area contributed by atoms with E-state index >= 15 is 0 Å². The summed E-state index contributed by atoms with van der Waals surface area (Å²) in [6.45, 7) is 7.52. The Balaban J connectivity index is 2.02. The molecule has 7 heteroatoms. The number of nitro groups is 1. The average molecular weight is 318 g/mol. The lowest BCUT2D eigenvalue weighted by molar-refractivity contribution is -0.384. The average Bonchev–Trinajstić information content (AvgIpc) is 2.51. The molecule has 7 nitrogen and oxygen atoms in total. The van der Waals surface area contributed by atoms with Gasteiger partial charge in [-0.05, 0) is 19.9 Å². The normalized spacial score (nSPS) is 21.7. The van der Waals surface area contributed by atoms with Gasteiger partial charge in [0, 0.05) is 45.4 Å². The Labute approximate surface area is 136 Å². The van der Waals surface area contributed by atoms with Crippen LogP contribution in [0.4, 0.5) is 11.4 Å². The van der Waals surface area contributed by atoms with Crippen LogP contribution in [0, 0.1) is 21.4 Å². The highest BCUT2D eigenvalue weighted by atomic mass is 16.6. The molecule has 23 heavy (non-hydrogen) atoms. The maximum atomic E-state index is 10.8. The Morgan fingerprint density at radius 1 is 1.43 bits per heavy atom. The molecule has 0 bridgehead atoms. The minimum Gasteiger partial charge on any atom is -0.373 e. The summed E-state index contributed by atoms with van der Waals surface area (Å²) in [5.41, 5.74) is 0.979. The topological polar surface area (TPSA) is 82.6 Å². The van der Waals surface area contributed by atoms with Gasteiger partial charge in [-0.15, -0.1) is 0 Å². The maximum absolute atomic E-state index is 10.8. The van der Waals surface area contributed by atoms with E-state index in [4.69, 9.17) is 4.74 Å². The number of rotatable bonds is 5. The van der Waals surface area contributed by atoms with Crippen LogP contribution in [-0.4, -0.2) is 55.3 Å². The Morgan fingerprint density at radius 3 is 2.65 bits per heavy atom. The molecule has 0 unspecified atom stereocenters. The summed E-state index contributed by atoms with van der Waals surface area (Å²) in [5.74, 6) is 0. The SMILES string of the molecule is C[C@@H]1CN(CCN(C)c2ccc([N+](=O)[O-])cc2C#N)C[C@H](C)O1. The van der Waals surface area contributed by atoms with Crippen molar-refractivity contribution in [1.82, 2.24) is 4.90 Å². The van der Waals surface area contributed by atoms with Crippen LogP contribution >= 0.6 is 0 Å². The smallest absolute Gasteiger partial charge is 0.270 e. The third-order valence-electron chi connectivity index (χ3n) is 3.97. The second-order valence-electron chi connectivity index (χ2n) is 6.01. The highest BCUT2D eigenvalue weighted by molar-refractivity contribution is 5.62. The molecule has 0 saturated carbocycles. The molecule has 0 N–H and O–H groups in total. The lowest BCUT2D eigenvalue weighted by Crippen LogP contribution is -2.47. The van der Waals surface area contributed by atoms with Crippen molar-refractivity contribution < 1.29 is 9.66 Å². The number of ether oxygens (including phenoxy) is 1. The van der Waals surface area contributed by atoms with Crippen LogP contribution in [0.1, 0.15) is 19.4 Å². The molecule has 2 rings (SSSR count). The van der Waals surface area contributed by atoms with Crippen molar-refractivity contribution in [3.8, 4) is 6.07 Å². The third kappa shape index (κ3) is 4.41. The summed E-state index contributed by atoms with van der Waals surface area (Å²) >= 11 is 0. The molecule has 1 aromatic carbocycles. The Morgan fingerprint density at radius 2 is 2.09 bits per heavy atom. The van der Waals surface area contributed by atoms with Crippen molar-refractivity contribution in [1.29, 1.82) is 5.26 Å². The first-order valence-electron chi connectivity index (χ1n) is 7.68. The lowest BCUT2D eigenvalue weighted by atomic mass is 10.1. The van der Waals surface area contributed by atoms with Crippen LogP contribution in [0.3, 0.4) is 0 Å². The van der Waals surface area contributed by atoms with Crippen molar-refractivity contribution >= 4 is 11.4 Å². The zero-order valence-corrected chi connectivity index (χ0v) is 13.7. The van der Waals surface area contributed by atoms with Crippen LogP contribution in [0.2, 0.25) is 0 Å². The van der Waals surface area contributed by atoms with Gasteiger partial charge in [0.1, 0.15) is 6.07 Å². The Kier molecular flexibility index (Phi) is 5.53. The summed E-state index contributed by atoms with van der Waals surface area (Å²) in [5, 5.41) is 20.0. The van der Waals surface area contributed by atoms with Crippen molar-refractivity contribution in [2.75, 3.05) is 38.1 Å². The number of hydrogen-bond acceptors (Lipinski definition) is 6. The Hall–Kier alpha value is -2.17. The van der Waals surface area contributed by atoms with Crippen LogP contribution in [0.15, 0.2) is 18.2 Å². The van der Waals surface area contributed by atoms with Gasteiger partial charge in [0.05, 0.1) is 28.4 Å².